The highest BCUT2D eigenvalue weighted by atomic mass is 35.5. The van der Waals surface area contributed by atoms with Crippen LogP contribution in [-0.4, -0.2) is 25.4 Å². The second-order valence-electron chi connectivity index (χ2n) is 7.26. The number of rotatable bonds is 3. The van der Waals surface area contributed by atoms with Crippen LogP contribution in [0.2, 0.25) is 5.02 Å². The zero-order chi connectivity index (χ0) is 18.7. The summed E-state index contributed by atoms with van der Waals surface area (Å²) in [7, 11) is 0. The van der Waals surface area contributed by atoms with Gasteiger partial charge in [-0.05, 0) is 24.5 Å². The molecule has 1 fully saturated rings. The quantitative estimate of drug-likeness (QED) is 0.641. The van der Waals surface area contributed by atoms with Gasteiger partial charge >= 0.3 is 5.97 Å². The molecule has 3 heterocycles. The number of carboxylic acids is 1. The van der Waals surface area contributed by atoms with Crippen LogP contribution in [0.5, 0.6) is 0 Å². The highest BCUT2D eigenvalue weighted by Gasteiger charge is 2.39. The number of aromatic nitrogens is 3. The molecule has 1 atom stereocenters. The van der Waals surface area contributed by atoms with Crippen LogP contribution in [-0.2, 0) is 11.2 Å². The minimum absolute atomic E-state index is 0.0505. The number of benzene rings is 1. The molecule has 0 amide bonds. The maximum atomic E-state index is 11.2. The van der Waals surface area contributed by atoms with Gasteiger partial charge in [0.15, 0.2) is 0 Å². The van der Waals surface area contributed by atoms with E-state index in [0.29, 0.717) is 23.7 Å². The number of nitrogens with two attached hydrogens (primary N) is 1. The Kier molecular flexibility index (Phi) is 3.55. The van der Waals surface area contributed by atoms with E-state index in [4.69, 9.17) is 22.3 Å². The Labute approximate surface area is 160 Å². The smallest absolute Gasteiger partial charge is 0.306 e. The minimum Gasteiger partial charge on any atom is -0.481 e. The fraction of sp³-hybridized carbons (Fsp3) is 0.316. The first-order valence-electron chi connectivity index (χ1n) is 8.92. The fourth-order valence-corrected chi connectivity index (χ4v) is 4.44. The third-order valence-electron chi connectivity index (χ3n) is 5.66. The van der Waals surface area contributed by atoms with Gasteiger partial charge in [0.25, 0.3) is 0 Å². The van der Waals surface area contributed by atoms with Crippen molar-refractivity contribution < 1.29 is 9.90 Å². The number of imidazole rings is 1. The van der Waals surface area contributed by atoms with Crippen LogP contribution in [0.25, 0.3) is 5.52 Å². The summed E-state index contributed by atoms with van der Waals surface area (Å²) in [6.45, 7) is 0. The first-order chi connectivity index (χ1) is 13.0. The van der Waals surface area contributed by atoms with E-state index in [1.165, 1.54) is 0 Å². The number of fused-ring (bicyclic) bond motifs is 2. The third-order valence-corrected chi connectivity index (χ3v) is 5.98. The van der Waals surface area contributed by atoms with Crippen molar-refractivity contribution in [3.63, 3.8) is 0 Å². The number of nitrogen functional groups attached to an aromatic ring is 1. The molecule has 1 unspecified atom stereocenters. The normalized spacial score (nSPS) is 23.7. The lowest BCUT2D eigenvalue weighted by Crippen LogP contribution is -2.30. The van der Waals surface area contributed by atoms with Crippen molar-refractivity contribution in [2.75, 3.05) is 11.1 Å². The number of nitrogens with one attached hydrogen (secondary N) is 1. The second-order valence-corrected chi connectivity index (χ2v) is 7.67. The summed E-state index contributed by atoms with van der Waals surface area (Å²) in [6.07, 6.45) is 5.46. The zero-order valence-electron chi connectivity index (χ0n) is 14.4. The van der Waals surface area contributed by atoms with Crippen molar-refractivity contribution in [2.45, 2.75) is 31.2 Å². The summed E-state index contributed by atoms with van der Waals surface area (Å²) >= 11 is 6.32. The average Bonchev–Trinajstić information content (AvgIpc) is 3.17. The number of hydrogen-bond acceptors (Lipinski definition) is 5. The average molecular weight is 384 g/mol. The van der Waals surface area contributed by atoms with Crippen molar-refractivity contribution in [3.05, 3.63) is 52.7 Å². The molecule has 4 N–H and O–H groups in total. The van der Waals surface area contributed by atoms with Crippen LogP contribution < -0.4 is 11.1 Å². The van der Waals surface area contributed by atoms with E-state index in [1.54, 1.807) is 6.20 Å². The molecule has 8 heteroatoms. The maximum absolute atomic E-state index is 11.2. The molecule has 1 saturated carbocycles. The van der Waals surface area contributed by atoms with Gasteiger partial charge in [0.2, 0.25) is 0 Å². The first-order valence-corrected chi connectivity index (χ1v) is 9.29. The number of nitrogens with zero attached hydrogens (tertiary/aromatic N) is 3. The number of para-hydroxylation sites is 1. The van der Waals surface area contributed by atoms with Gasteiger partial charge in [0.05, 0.1) is 28.4 Å². The van der Waals surface area contributed by atoms with Crippen molar-refractivity contribution >= 4 is 34.6 Å². The summed E-state index contributed by atoms with van der Waals surface area (Å²) in [5, 5.41) is 13.3. The minimum atomic E-state index is -0.740. The van der Waals surface area contributed by atoms with Crippen molar-refractivity contribution in [1.82, 2.24) is 14.4 Å². The molecule has 1 aliphatic carbocycles. The zero-order valence-corrected chi connectivity index (χ0v) is 15.1. The van der Waals surface area contributed by atoms with Crippen molar-refractivity contribution in [3.8, 4) is 0 Å². The van der Waals surface area contributed by atoms with Crippen molar-refractivity contribution in [1.29, 1.82) is 0 Å². The van der Waals surface area contributed by atoms with Crippen LogP contribution >= 0.6 is 11.6 Å². The van der Waals surface area contributed by atoms with E-state index in [0.717, 1.165) is 34.7 Å². The summed E-state index contributed by atoms with van der Waals surface area (Å²) in [5.74, 6) is 0.356. The molecule has 3 aromatic rings. The van der Waals surface area contributed by atoms with Gasteiger partial charge in [-0.2, -0.15) is 0 Å². The van der Waals surface area contributed by atoms with Gasteiger partial charge in [-0.1, -0.05) is 23.7 Å². The predicted molar refractivity (Wildman–Crippen MR) is 102 cm³/mol. The first kappa shape index (κ1) is 16.4. The SMILES string of the molecule is Nc1nccn2c1c(C1Cc3cccc(Cl)c3N1)nc2[C@H]1C[C@@H](C(=O)O)C1. The van der Waals surface area contributed by atoms with E-state index in [2.05, 4.69) is 16.4 Å². The molecule has 2 aromatic heterocycles. The number of aliphatic carboxylic acids is 1. The molecule has 2 aliphatic rings. The largest absolute Gasteiger partial charge is 0.481 e. The molecule has 7 nitrogen and oxygen atoms in total. The summed E-state index contributed by atoms with van der Waals surface area (Å²) in [4.78, 5) is 20.3. The van der Waals surface area contributed by atoms with Gasteiger partial charge in [-0.3, -0.25) is 9.20 Å². The van der Waals surface area contributed by atoms with E-state index in [-0.39, 0.29) is 17.9 Å². The van der Waals surface area contributed by atoms with Crippen molar-refractivity contribution in [2.24, 2.45) is 5.92 Å². The molecule has 0 bridgehead atoms. The second kappa shape index (κ2) is 5.85. The van der Waals surface area contributed by atoms with E-state index >= 15 is 0 Å². The number of halogens is 1. The molecule has 0 radical (unpaired) electrons. The lowest BCUT2D eigenvalue weighted by Gasteiger charge is -2.31. The van der Waals surface area contributed by atoms with Gasteiger partial charge in [-0.15, -0.1) is 0 Å². The summed E-state index contributed by atoms with van der Waals surface area (Å²) in [5.41, 5.74) is 9.89. The molecule has 138 valence electrons. The van der Waals surface area contributed by atoms with Crippen LogP contribution in [0.3, 0.4) is 0 Å². The molecular weight excluding hydrogens is 366 g/mol. The predicted octanol–water partition coefficient (Wildman–Crippen LogP) is 3.25. The molecule has 0 spiro atoms. The lowest BCUT2D eigenvalue weighted by atomic mass is 9.74. The number of carboxylic acid groups (broad SMARTS) is 1. The summed E-state index contributed by atoms with van der Waals surface area (Å²) in [6, 6.07) is 5.81. The van der Waals surface area contributed by atoms with Gasteiger partial charge in [0, 0.05) is 24.7 Å². The Morgan fingerprint density at radius 1 is 1.37 bits per heavy atom. The molecule has 5 rings (SSSR count). The van der Waals surface area contributed by atoms with Crippen LogP contribution in [0.1, 0.15) is 41.9 Å². The topological polar surface area (TPSA) is 106 Å². The Bertz CT molecular complexity index is 1070. The molecule has 1 aliphatic heterocycles. The molecule has 1 aromatic carbocycles. The number of carbonyl (C=O) groups is 1. The standard InChI is InChI=1S/C19H18ClN5O2/c20-12-3-1-2-9-8-13(23-14(9)12)15-16-17(21)22-4-5-25(16)18(24-15)10-6-11(7-10)19(26)27/h1-5,10-11,13,23H,6-8H2,(H2,21,22)(H,26,27)/t10-,11+,13?. The Morgan fingerprint density at radius 3 is 2.93 bits per heavy atom. The number of hydrogen-bond donors (Lipinski definition) is 3. The van der Waals surface area contributed by atoms with E-state index in [9.17, 15) is 9.90 Å². The van der Waals surface area contributed by atoms with Crippen LogP contribution in [0.4, 0.5) is 11.5 Å². The lowest BCUT2D eigenvalue weighted by molar-refractivity contribution is -0.145. The monoisotopic (exact) mass is 383 g/mol. The van der Waals surface area contributed by atoms with E-state index < -0.39 is 5.97 Å². The van der Waals surface area contributed by atoms with Crippen LogP contribution in [0.15, 0.2) is 30.6 Å². The maximum Gasteiger partial charge on any atom is 0.306 e. The Balaban J connectivity index is 1.56. The van der Waals surface area contributed by atoms with Gasteiger partial charge < -0.3 is 16.2 Å². The van der Waals surface area contributed by atoms with Gasteiger partial charge in [-0.25, -0.2) is 9.97 Å². The Morgan fingerprint density at radius 2 is 2.19 bits per heavy atom. The number of anilines is 2. The molecular formula is C19H18ClN5O2. The van der Waals surface area contributed by atoms with Crippen LogP contribution in [0, 0.1) is 5.92 Å². The molecule has 0 saturated heterocycles. The highest BCUT2D eigenvalue weighted by Crippen LogP contribution is 2.44. The summed E-state index contributed by atoms with van der Waals surface area (Å²) < 4.78 is 1.96. The van der Waals surface area contributed by atoms with E-state index in [1.807, 2.05) is 22.7 Å². The third kappa shape index (κ3) is 2.45. The molecule has 27 heavy (non-hydrogen) atoms. The van der Waals surface area contributed by atoms with Gasteiger partial charge in [0.1, 0.15) is 17.2 Å². The highest BCUT2D eigenvalue weighted by molar-refractivity contribution is 6.33. The fourth-order valence-electron chi connectivity index (χ4n) is 4.19. The Hall–Kier alpha value is -2.80.